The number of carbonyl (C=O) groups is 1. The molecule has 142 valence electrons. The summed E-state index contributed by atoms with van der Waals surface area (Å²) in [4.78, 5) is 43.7. The Bertz CT molecular complexity index is 1090. The van der Waals surface area contributed by atoms with Crippen LogP contribution < -0.4 is 16.6 Å². The number of aromatic nitrogens is 4. The fourth-order valence-electron chi connectivity index (χ4n) is 2.87. The van der Waals surface area contributed by atoms with E-state index in [4.69, 9.17) is 0 Å². The second-order valence-corrected chi connectivity index (χ2v) is 6.58. The van der Waals surface area contributed by atoms with Gasteiger partial charge in [0.25, 0.3) is 5.56 Å². The highest BCUT2D eigenvalue weighted by atomic mass is 16.2. The minimum Gasteiger partial charge on any atom is -0.356 e. The van der Waals surface area contributed by atoms with Gasteiger partial charge in [0, 0.05) is 19.2 Å². The minimum absolute atomic E-state index is 0.0463. The lowest BCUT2D eigenvalue weighted by atomic mass is 10.1. The summed E-state index contributed by atoms with van der Waals surface area (Å²) in [6.45, 7) is 4.63. The highest BCUT2D eigenvalue weighted by Crippen LogP contribution is 2.17. The van der Waals surface area contributed by atoms with E-state index in [9.17, 15) is 14.4 Å². The Morgan fingerprint density at radius 1 is 1.22 bits per heavy atom. The maximum atomic E-state index is 12.8. The summed E-state index contributed by atoms with van der Waals surface area (Å²) in [6.07, 6.45) is 1.92. The maximum absolute atomic E-state index is 12.8. The van der Waals surface area contributed by atoms with Crippen molar-refractivity contribution in [2.45, 2.75) is 33.2 Å². The van der Waals surface area contributed by atoms with Crippen LogP contribution in [0.1, 0.15) is 35.7 Å². The van der Waals surface area contributed by atoms with E-state index in [0.29, 0.717) is 18.1 Å². The zero-order valence-corrected chi connectivity index (χ0v) is 15.7. The Balaban J connectivity index is 2.08. The van der Waals surface area contributed by atoms with E-state index in [0.717, 1.165) is 18.4 Å². The summed E-state index contributed by atoms with van der Waals surface area (Å²) in [5, 5.41) is 3.17. The zero-order valence-electron chi connectivity index (χ0n) is 15.7. The minimum atomic E-state index is -0.555. The van der Waals surface area contributed by atoms with E-state index >= 15 is 0 Å². The Kier molecular flexibility index (Phi) is 5.25. The van der Waals surface area contributed by atoms with Gasteiger partial charge in [-0.25, -0.2) is 4.79 Å². The smallest absolute Gasteiger partial charge is 0.329 e. The molecule has 27 heavy (non-hydrogen) atoms. The highest BCUT2D eigenvalue weighted by Gasteiger charge is 2.19. The Morgan fingerprint density at radius 3 is 2.59 bits per heavy atom. The molecule has 0 bridgehead atoms. The van der Waals surface area contributed by atoms with E-state index in [1.807, 2.05) is 19.1 Å². The highest BCUT2D eigenvalue weighted by molar-refractivity contribution is 5.97. The van der Waals surface area contributed by atoms with Gasteiger partial charge in [-0.05, 0) is 13.3 Å². The predicted molar refractivity (Wildman–Crippen MR) is 105 cm³/mol. The number of nitrogens with one attached hydrogen (secondary N) is 2. The van der Waals surface area contributed by atoms with Crippen molar-refractivity contribution in [3.05, 3.63) is 56.2 Å². The molecule has 0 saturated heterocycles. The molecule has 0 aliphatic heterocycles. The average molecular weight is 369 g/mol. The summed E-state index contributed by atoms with van der Waals surface area (Å²) in [6, 6.07) is 7.27. The van der Waals surface area contributed by atoms with Gasteiger partial charge < -0.3 is 5.32 Å². The number of Topliss-reactive ketones (excluding diaryl/α,β-unsaturated/α-hetero) is 1. The first-order chi connectivity index (χ1) is 12.9. The summed E-state index contributed by atoms with van der Waals surface area (Å²) in [5.41, 5.74) is 0.982. The SMILES string of the molecule is CCCCNc1nc2c(c(=O)[nH]c(=O)n2C)n1CC(=O)c1ccc(C)cc1. The van der Waals surface area contributed by atoms with Crippen LogP contribution in [0.5, 0.6) is 0 Å². The molecule has 2 N–H and O–H groups in total. The lowest BCUT2D eigenvalue weighted by molar-refractivity contribution is 0.0974. The van der Waals surface area contributed by atoms with Gasteiger partial charge in [-0.2, -0.15) is 4.98 Å². The van der Waals surface area contributed by atoms with Crippen molar-refractivity contribution in [1.29, 1.82) is 0 Å². The van der Waals surface area contributed by atoms with Crippen molar-refractivity contribution in [2.24, 2.45) is 7.05 Å². The third kappa shape index (κ3) is 3.69. The number of imidazole rings is 1. The van der Waals surface area contributed by atoms with Crippen molar-refractivity contribution in [3.63, 3.8) is 0 Å². The third-order valence-electron chi connectivity index (χ3n) is 4.50. The monoisotopic (exact) mass is 369 g/mol. The van der Waals surface area contributed by atoms with Gasteiger partial charge in [0.05, 0.1) is 6.54 Å². The number of ketones is 1. The van der Waals surface area contributed by atoms with E-state index in [1.165, 1.54) is 11.6 Å². The normalized spacial score (nSPS) is 11.1. The van der Waals surface area contributed by atoms with Gasteiger partial charge in [-0.3, -0.25) is 23.7 Å². The number of anilines is 1. The van der Waals surface area contributed by atoms with Gasteiger partial charge in [-0.15, -0.1) is 0 Å². The fourth-order valence-corrected chi connectivity index (χ4v) is 2.87. The molecule has 3 aromatic rings. The molecule has 8 nitrogen and oxygen atoms in total. The lowest BCUT2D eigenvalue weighted by Gasteiger charge is -2.10. The molecule has 3 rings (SSSR count). The van der Waals surface area contributed by atoms with Crippen LogP contribution in [-0.2, 0) is 13.6 Å². The number of hydrogen-bond acceptors (Lipinski definition) is 5. The van der Waals surface area contributed by atoms with Crippen LogP contribution in [0.3, 0.4) is 0 Å². The van der Waals surface area contributed by atoms with Crippen LogP contribution in [0, 0.1) is 6.92 Å². The Labute approximate surface area is 155 Å². The molecule has 0 atom stereocenters. The number of H-pyrrole nitrogens is 1. The Hall–Kier alpha value is -3.16. The summed E-state index contributed by atoms with van der Waals surface area (Å²) in [7, 11) is 1.54. The van der Waals surface area contributed by atoms with Crippen LogP contribution in [0.4, 0.5) is 5.95 Å². The van der Waals surface area contributed by atoms with Gasteiger partial charge in [-0.1, -0.05) is 43.2 Å². The molecule has 0 amide bonds. The molecule has 2 heterocycles. The van der Waals surface area contributed by atoms with Crippen molar-refractivity contribution in [1.82, 2.24) is 19.1 Å². The average Bonchev–Trinajstić information content (AvgIpc) is 2.99. The number of aryl methyl sites for hydroxylation is 2. The molecule has 8 heteroatoms. The maximum Gasteiger partial charge on any atom is 0.329 e. The molecule has 0 aliphatic carbocycles. The first kappa shape index (κ1) is 18.6. The van der Waals surface area contributed by atoms with Crippen LogP contribution in [0.2, 0.25) is 0 Å². The number of nitrogens with zero attached hydrogens (tertiary/aromatic N) is 3. The fraction of sp³-hybridized carbons (Fsp3) is 0.368. The second kappa shape index (κ2) is 7.61. The zero-order chi connectivity index (χ0) is 19.6. The molecule has 1 aromatic carbocycles. The van der Waals surface area contributed by atoms with Gasteiger partial charge >= 0.3 is 5.69 Å². The van der Waals surface area contributed by atoms with E-state index in [1.54, 1.807) is 16.7 Å². The molecule has 0 unspecified atom stereocenters. The predicted octanol–water partition coefficient (Wildman–Crippen LogP) is 1.83. The van der Waals surface area contributed by atoms with Crippen molar-refractivity contribution >= 4 is 22.9 Å². The molecular formula is C19H23N5O3. The summed E-state index contributed by atoms with van der Waals surface area (Å²) in [5.74, 6) is 0.270. The molecular weight excluding hydrogens is 346 g/mol. The van der Waals surface area contributed by atoms with Crippen molar-refractivity contribution in [2.75, 3.05) is 11.9 Å². The largest absolute Gasteiger partial charge is 0.356 e. The van der Waals surface area contributed by atoms with Crippen LogP contribution in [0.25, 0.3) is 11.2 Å². The molecule has 0 spiro atoms. The number of unbranched alkanes of at least 4 members (excludes halogenated alkanes) is 1. The number of rotatable bonds is 7. The van der Waals surface area contributed by atoms with E-state index in [2.05, 4.69) is 22.2 Å². The second-order valence-electron chi connectivity index (χ2n) is 6.58. The van der Waals surface area contributed by atoms with Gasteiger partial charge in [0.2, 0.25) is 5.95 Å². The molecule has 2 aromatic heterocycles. The molecule has 0 fully saturated rings. The topological polar surface area (TPSA) is 102 Å². The Morgan fingerprint density at radius 2 is 1.93 bits per heavy atom. The van der Waals surface area contributed by atoms with Crippen LogP contribution >= 0.6 is 0 Å². The number of carbonyl (C=O) groups excluding carboxylic acids is 1. The first-order valence-electron chi connectivity index (χ1n) is 8.95. The quantitative estimate of drug-likeness (QED) is 0.489. The van der Waals surface area contributed by atoms with Gasteiger partial charge in [0.1, 0.15) is 0 Å². The van der Waals surface area contributed by atoms with Crippen molar-refractivity contribution < 1.29 is 4.79 Å². The molecule has 0 saturated carbocycles. The van der Waals surface area contributed by atoms with E-state index in [-0.39, 0.29) is 23.5 Å². The number of benzene rings is 1. The third-order valence-corrected chi connectivity index (χ3v) is 4.50. The molecule has 0 radical (unpaired) electrons. The summed E-state index contributed by atoms with van der Waals surface area (Å²) < 4.78 is 2.82. The van der Waals surface area contributed by atoms with Crippen LogP contribution in [0.15, 0.2) is 33.9 Å². The van der Waals surface area contributed by atoms with Crippen LogP contribution in [-0.4, -0.2) is 31.4 Å². The number of aromatic amines is 1. The standard InChI is InChI=1S/C19H23N5O3/c1-4-5-10-20-18-21-16-15(17(26)22-19(27)23(16)3)24(18)11-14(25)13-8-6-12(2)7-9-13/h6-9H,4-5,10-11H2,1-3H3,(H,20,21)(H,22,26,27). The first-order valence-corrected chi connectivity index (χ1v) is 8.95. The number of hydrogen-bond donors (Lipinski definition) is 2. The number of fused-ring (bicyclic) bond motifs is 1. The van der Waals surface area contributed by atoms with Gasteiger partial charge in [0.15, 0.2) is 16.9 Å². The molecule has 0 aliphatic rings. The summed E-state index contributed by atoms with van der Waals surface area (Å²) >= 11 is 0. The van der Waals surface area contributed by atoms with Crippen molar-refractivity contribution in [3.8, 4) is 0 Å². The lowest BCUT2D eigenvalue weighted by Crippen LogP contribution is -2.29. The van der Waals surface area contributed by atoms with E-state index < -0.39 is 11.2 Å².